The van der Waals surface area contributed by atoms with Gasteiger partial charge in [0.2, 0.25) is 0 Å². The van der Waals surface area contributed by atoms with Gasteiger partial charge in [0.15, 0.2) is 0 Å². The molecule has 0 unspecified atom stereocenters. The molecule has 2 heterocycles. The van der Waals surface area contributed by atoms with Crippen molar-refractivity contribution in [1.82, 2.24) is 10.3 Å². The first-order valence-corrected chi connectivity index (χ1v) is 9.92. The summed E-state index contributed by atoms with van der Waals surface area (Å²) in [6, 6.07) is 6.05. The molecule has 0 aliphatic carbocycles. The zero-order valence-corrected chi connectivity index (χ0v) is 17.5. The largest absolute Gasteiger partial charge is 0.490 e. The van der Waals surface area contributed by atoms with Crippen LogP contribution in [-0.2, 0) is 11.2 Å². The van der Waals surface area contributed by atoms with E-state index in [0.717, 1.165) is 59.8 Å². The van der Waals surface area contributed by atoms with Crippen molar-refractivity contribution in [2.24, 2.45) is 0 Å². The Hall–Kier alpha value is -2.32. The number of rotatable bonds is 4. The Morgan fingerprint density at radius 2 is 1.93 bits per heavy atom. The minimum absolute atomic E-state index is 0.261. The maximum absolute atomic E-state index is 10.6. The highest BCUT2D eigenvalue weighted by atomic mass is 35.5. The Morgan fingerprint density at radius 1 is 1.30 bits per heavy atom. The molecule has 0 bridgehead atoms. The third kappa shape index (κ3) is 6.60. The Labute approximate surface area is 178 Å². The lowest BCUT2D eigenvalue weighted by atomic mass is 9.97. The van der Waals surface area contributed by atoms with E-state index in [1.165, 1.54) is 5.56 Å². The fourth-order valence-electron chi connectivity index (χ4n) is 3.14. The minimum atomic E-state index is -5.08. The lowest BCUT2D eigenvalue weighted by Crippen LogP contribution is -2.34. The molecule has 1 aromatic heterocycles. The van der Waals surface area contributed by atoms with Crippen LogP contribution >= 0.6 is 11.6 Å². The van der Waals surface area contributed by atoms with E-state index in [1.807, 2.05) is 24.5 Å². The SMILES string of the molecule is CCc1ccncc1-c1cc(Cl)cc(C)c1OC1CCNCC1.O=C(O)C(F)(F)F. The molecule has 30 heavy (non-hydrogen) atoms. The smallest absolute Gasteiger partial charge is 0.489 e. The number of piperidine rings is 1. The van der Waals surface area contributed by atoms with Crippen LogP contribution in [0.15, 0.2) is 30.6 Å². The zero-order valence-electron chi connectivity index (χ0n) is 16.7. The van der Waals surface area contributed by atoms with E-state index in [4.69, 9.17) is 26.2 Å². The van der Waals surface area contributed by atoms with Gasteiger partial charge in [-0.15, -0.1) is 0 Å². The third-order valence-electron chi connectivity index (χ3n) is 4.64. The van der Waals surface area contributed by atoms with Crippen molar-refractivity contribution in [3.63, 3.8) is 0 Å². The molecule has 0 amide bonds. The highest BCUT2D eigenvalue weighted by molar-refractivity contribution is 6.31. The monoisotopic (exact) mass is 444 g/mol. The fourth-order valence-corrected chi connectivity index (χ4v) is 3.41. The molecule has 9 heteroatoms. The van der Waals surface area contributed by atoms with Gasteiger partial charge < -0.3 is 15.2 Å². The van der Waals surface area contributed by atoms with Crippen LogP contribution in [0, 0.1) is 6.92 Å². The second kappa shape index (κ2) is 10.6. The number of nitrogens with one attached hydrogen (secondary N) is 1. The average Bonchev–Trinajstić information content (AvgIpc) is 2.70. The van der Waals surface area contributed by atoms with Crippen molar-refractivity contribution in [1.29, 1.82) is 0 Å². The highest BCUT2D eigenvalue weighted by Gasteiger charge is 2.38. The van der Waals surface area contributed by atoms with E-state index in [0.29, 0.717) is 0 Å². The molecule has 0 saturated carbocycles. The topological polar surface area (TPSA) is 71.5 Å². The standard InChI is InChI=1S/C19H23ClN2O.C2HF3O2/c1-3-14-4-7-22-12-18(14)17-11-15(20)10-13(2)19(17)23-16-5-8-21-9-6-16;3-2(4,5)1(6)7/h4,7,10-12,16,21H,3,5-6,8-9H2,1-2H3;(H,6,7). The van der Waals surface area contributed by atoms with E-state index in [9.17, 15) is 13.2 Å². The number of hydrogen-bond acceptors (Lipinski definition) is 4. The van der Waals surface area contributed by atoms with Crippen molar-refractivity contribution in [2.75, 3.05) is 13.1 Å². The molecule has 164 valence electrons. The van der Waals surface area contributed by atoms with E-state index < -0.39 is 12.1 Å². The molecule has 1 aliphatic heterocycles. The molecule has 0 atom stereocenters. The molecule has 1 fully saturated rings. The summed E-state index contributed by atoms with van der Waals surface area (Å²) in [5.74, 6) is -1.81. The van der Waals surface area contributed by atoms with Gasteiger partial charge in [0.05, 0.1) is 0 Å². The van der Waals surface area contributed by atoms with E-state index in [-0.39, 0.29) is 6.10 Å². The summed E-state index contributed by atoms with van der Waals surface area (Å²) in [6.07, 6.45) is 1.96. The molecule has 0 spiro atoms. The van der Waals surface area contributed by atoms with E-state index in [2.05, 4.69) is 30.2 Å². The van der Waals surface area contributed by atoms with Gasteiger partial charge in [-0.1, -0.05) is 18.5 Å². The van der Waals surface area contributed by atoms with Gasteiger partial charge in [0, 0.05) is 28.5 Å². The van der Waals surface area contributed by atoms with Crippen molar-refractivity contribution >= 4 is 17.6 Å². The summed E-state index contributed by atoms with van der Waals surface area (Å²) in [7, 11) is 0. The first-order chi connectivity index (χ1) is 14.1. The maximum atomic E-state index is 10.6. The molecule has 1 saturated heterocycles. The van der Waals surface area contributed by atoms with Crippen LogP contribution in [0.4, 0.5) is 13.2 Å². The predicted octanol–water partition coefficient (Wildman–Crippen LogP) is 5.04. The summed E-state index contributed by atoms with van der Waals surface area (Å²) in [5, 5.41) is 11.2. The molecule has 1 aromatic carbocycles. The van der Waals surface area contributed by atoms with Crippen LogP contribution in [0.1, 0.15) is 30.9 Å². The number of benzene rings is 1. The minimum Gasteiger partial charge on any atom is -0.489 e. The molecular weight excluding hydrogens is 421 g/mol. The molecule has 0 radical (unpaired) electrons. The van der Waals surface area contributed by atoms with Gasteiger partial charge in [0.1, 0.15) is 11.9 Å². The summed E-state index contributed by atoms with van der Waals surface area (Å²) in [5.41, 5.74) is 4.51. The van der Waals surface area contributed by atoms with Crippen molar-refractivity contribution in [3.8, 4) is 16.9 Å². The van der Waals surface area contributed by atoms with E-state index in [1.54, 1.807) is 0 Å². The Kier molecular flexibility index (Phi) is 8.49. The summed E-state index contributed by atoms with van der Waals surface area (Å²) < 4.78 is 38.1. The van der Waals surface area contributed by atoms with Gasteiger partial charge in [-0.3, -0.25) is 4.98 Å². The summed E-state index contributed by atoms with van der Waals surface area (Å²) in [6.45, 7) is 6.25. The number of halogens is 4. The van der Waals surface area contributed by atoms with Gasteiger partial charge in [-0.05, 0) is 68.6 Å². The highest BCUT2D eigenvalue weighted by Crippen LogP contribution is 2.38. The predicted molar refractivity (Wildman–Crippen MR) is 109 cm³/mol. The number of hydrogen-bond donors (Lipinski definition) is 2. The lowest BCUT2D eigenvalue weighted by molar-refractivity contribution is -0.192. The van der Waals surface area contributed by atoms with Crippen LogP contribution in [0.3, 0.4) is 0 Å². The van der Waals surface area contributed by atoms with Crippen LogP contribution in [0.2, 0.25) is 5.02 Å². The van der Waals surface area contributed by atoms with Gasteiger partial charge in [-0.2, -0.15) is 13.2 Å². The van der Waals surface area contributed by atoms with Crippen molar-refractivity contribution < 1.29 is 27.8 Å². The number of ether oxygens (including phenoxy) is 1. The number of nitrogens with zero attached hydrogens (tertiary/aromatic N) is 1. The lowest BCUT2D eigenvalue weighted by Gasteiger charge is -2.26. The van der Waals surface area contributed by atoms with Crippen molar-refractivity contribution in [2.45, 2.75) is 45.4 Å². The van der Waals surface area contributed by atoms with Gasteiger partial charge in [-0.25, -0.2) is 4.79 Å². The number of aromatic nitrogens is 1. The quantitative estimate of drug-likeness (QED) is 0.691. The maximum Gasteiger partial charge on any atom is 0.490 e. The molecule has 3 rings (SSSR count). The first-order valence-electron chi connectivity index (χ1n) is 9.54. The molecule has 5 nitrogen and oxygen atoms in total. The molecule has 1 aliphatic rings. The van der Waals surface area contributed by atoms with Crippen molar-refractivity contribution in [3.05, 3.63) is 46.7 Å². The average molecular weight is 445 g/mol. The molecule has 2 aromatic rings. The number of aliphatic carboxylic acids is 1. The van der Waals surface area contributed by atoms with Crippen LogP contribution in [0.25, 0.3) is 11.1 Å². The number of aryl methyl sites for hydroxylation is 2. The van der Waals surface area contributed by atoms with Crippen LogP contribution in [-0.4, -0.2) is 41.4 Å². The fraction of sp³-hybridized carbons (Fsp3) is 0.429. The van der Waals surface area contributed by atoms with Crippen LogP contribution in [0.5, 0.6) is 5.75 Å². The first kappa shape index (κ1) is 24.0. The van der Waals surface area contributed by atoms with E-state index >= 15 is 0 Å². The van der Waals surface area contributed by atoms with Gasteiger partial charge in [0.25, 0.3) is 0 Å². The van der Waals surface area contributed by atoms with Gasteiger partial charge >= 0.3 is 12.1 Å². The summed E-state index contributed by atoms with van der Waals surface area (Å²) in [4.78, 5) is 13.2. The number of carboxylic acids is 1. The number of carboxylic acid groups (broad SMARTS) is 1. The Balaban J connectivity index is 0.000000396. The van der Waals surface area contributed by atoms with Crippen LogP contribution < -0.4 is 10.1 Å². The third-order valence-corrected chi connectivity index (χ3v) is 4.85. The summed E-state index contributed by atoms with van der Waals surface area (Å²) >= 11 is 6.32. The second-order valence-corrected chi connectivity index (χ2v) is 7.29. The zero-order chi connectivity index (χ0) is 22.3. The normalized spacial score (nSPS) is 14.6. The Bertz CT molecular complexity index is 869. The second-order valence-electron chi connectivity index (χ2n) is 6.86. The number of alkyl halides is 3. The molecular formula is C21H24ClF3N2O3. The molecule has 2 N–H and O–H groups in total. The Morgan fingerprint density at radius 3 is 2.50 bits per heavy atom. The number of pyridine rings is 1. The number of carbonyl (C=O) groups is 1.